The standard InChI is InChI=1S/C9H11N3/c1-8-11-6-9(7-12-8)4-3-5-10-2/h6-7,10H,5H2,1-2H3. The van der Waals surface area contributed by atoms with E-state index in [9.17, 15) is 0 Å². The average molecular weight is 161 g/mol. The van der Waals surface area contributed by atoms with Crippen LogP contribution in [-0.4, -0.2) is 23.6 Å². The fraction of sp³-hybridized carbons (Fsp3) is 0.333. The molecule has 3 nitrogen and oxygen atoms in total. The van der Waals surface area contributed by atoms with Gasteiger partial charge in [0.2, 0.25) is 0 Å². The summed E-state index contributed by atoms with van der Waals surface area (Å²) in [6.45, 7) is 2.54. The molecule has 0 saturated carbocycles. The highest BCUT2D eigenvalue weighted by Crippen LogP contribution is 1.91. The largest absolute Gasteiger partial charge is 0.309 e. The van der Waals surface area contributed by atoms with Crippen LogP contribution >= 0.6 is 0 Å². The topological polar surface area (TPSA) is 37.8 Å². The van der Waals surface area contributed by atoms with Crippen molar-refractivity contribution in [2.45, 2.75) is 6.92 Å². The van der Waals surface area contributed by atoms with E-state index in [-0.39, 0.29) is 0 Å². The van der Waals surface area contributed by atoms with Gasteiger partial charge in [-0.3, -0.25) is 0 Å². The number of rotatable bonds is 1. The maximum atomic E-state index is 4.02. The van der Waals surface area contributed by atoms with Crippen LogP contribution in [0, 0.1) is 18.8 Å². The van der Waals surface area contributed by atoms with Crippen LogP contribution in [0.5, 0.6) is 0 Å². The molecule has 3 heteroatoms. The molecule has 1 N–H and O–H groups in total. The van der Waals surface area contributed by atoms with Crippen molar-refractivity contribution in [2.75, 3.05) is 13.6 Å². The molecule has 12 heavy (non-hydrogen) atoms. The van der Waals surface area contributed by atoms with Crippen LogP contribution in [0.15, 0.2) is 12.4 Å². The molecule has 1 heterocycles. The lowest BCUT2D eigenvalue weighted by molar-refractivity contribution is 0.938. The molecule has 0 aliphatic carbocycles. The summed E-state index contributed by atoms with van der Waals surface area (Å²) in [5.74, 6) is 6.64. The zero-order chi connectivity index (χ0) is 8.81. The fourth-order valence-corrected chi connectivity index (χ4v) is 0.692. The predicted molar refractivity (Wildman–Crippen MR) is 47.6 cm³/mol. The Balaban J connectivity index is 2.66. The summed E-state index contributed by atoms with van der Waals surface area (Å²) in [7, 11) is 1.86. The average Bonchev–Trinajstić information content (AvgIpc) is 2.09. The molecule has 0 fully saturated rings. The normalized spacial score (nSPS) is 8.83. The van der Waals surface area contributed by atoms with Gasteiger partial charge < -0.3 is 5.32 Å². The first-order chi connectivity index (χ1) is 5.83. The molecule has 0 radical (unpaired) electrons. The fourth-order valence-electron chi connectivity index (χ4n) is 0.692. The van der Waals surface area contributed by atoms with Crippen molar-refractivity contribution < 1.29 is 0 Å². The Hall–Kier alpha value is -1.40. The number of nitrogens with one attached hydrogen (secondary N) is 1. The minimum atomic E-state index is 0.688. The van der Waals surface area contributed by atoms with Crippen LogP contribution in [0.3, 0.4) is 0 Å². The Morgan fingerprint density at radius 2 is 2.08 bits per heavy atom. The van der Waals surface area contributed by atoms with E-state index in [1.165, 1.54) is 0 Å². The molecule has 0 amide bonds. The Labute approximate surface area is 72.2 Å². The number of nitrogens with zero attached hydrogens (tertiary/aromatic N) is 2. The van der Waals surface area contributed by atoms with Gasteiger partial charge in [0.05, 0.1) is 12.1 Å². The third-order valence-electron chi connectivity index (χ3n) is 1.28. The summed E-state index contributed by atoms with van der Waals surface area (Å²) in [5, 5.41) is 2.93. The van der Waals surface area contributed by atoms with E-state index in [1.807, 2.05) is 14.0 Å². The molecule has 0 atom stereocenters. The zero-order valence-electron chi connectivity index (χ0n) is 7.26. The third-order valence-corrected chi connectivity index (χ3v) is 1.28. The van der Waals surface area contributed by atoms with Crippen molar-refractivity contribution in [3.63, 3.8) is 0 Å². The zero-order valence-corrected chi connectivity index (χ0v) is 7.26. The van der Waals surface area contributed by atoms with E-state index >= 15 is 0 Å². The number of aromatic nitrogens is 2. The Kier molecular flexibility index (Phi) is 3.24. The second-order valence-electron chi connectivity index (χ2n) is 2.35. The van der Waals surface area contributed by atoms with Crippen LogP contribution in [0.4, 0.5) is 0 Å². The molecule has 0 spiro atoms. The van der Waals surface area contributed by atoms with Crippen LogP contribution in [0.1, 0.15) is 11.4 Å². The van der Waals surface area contributed by atoms with E-state index < -0.39 is 0 Å². The third kappa shape index (κ3) is 2.69. The number of aryl methyl sites for hydroxylation is 1. The summed E-state index contributed by atoms with van der Waals surface area (Å²) < 4.78 is 0. The summed E-state index contributed by atoms with van der Waals surface area (Å²) in [6.07, 6.45) is 3.45. The van der Waals surface area contributed by atoms with Crippen molar-refractivity contribution in [3.05, 3.63) is 23.8 Å². The molecule has 1 aromatic heterocycles. The molecule has 0 aliphatic rings. The highest BCUT2D eigenvalue weighted by Gasteiger charge is 1.86. The lowest BCUT2D eigenvalue weighted by Gasteiger charge is -1.89. The molecule has 0 bridgehead atoms. The summed E-state index contributed by atoms with van der Waals surface area (Å²) in [6, 6.07) is 0. The minimum Gasteiger partial charge on any atom is -0.309 e. The van der Waals surface area contributed by atoms with Gasteiger partial charge in [0, 0.05) is 12.4 Å². The van der Waals surface area contributed by atoms with E-state index in [1.54, 1.807) is 12.4 Å². The summed E-state index contributed by atoms with van der Waals surface area (Å²) in [5.41, 5.74) is 0.857. The van der Waals surface area contributed by atoms with Gasteiger partial charge in [-0.25, -0.2) is 9.97 Å². The van der Waals surface area contributed by atoms with Gasteiger partial charge in [-0.15, -0.1) is 0 Å². The van der Waals surface area contributed by atoms with Crippen molar-refractivity contribution >= 4 is 0 Å². The maximum absolute atomic E-state index is 4.02. The highest BCUT2D eigenvalue weighted by molar-refractivity contribution is 5.29. The molecule has 0 aromatic carbocycles. The quantitative estimate of drug-likeness (QED) is 0.604. The molecule has 0 saturated heterocycles. The van der Waals surface area contributed by atoms with Gasteiger partial charge in [-0.2, -0.15) is 0 Å². The van der Waals surface area contributed by atoms with Gasteiger partial charge in [0.1, 0.15) is 5.82 Å². The van der Waals surface area contributed by atoms with Crippen LogP contribution in [-0.2, 0) is 0 Å². The Bertz CT molecular complexity index is 292. The van der Waals surface area contributed by atoms with Gasteiger partial charge >= 0.3 is 0 Å². The summed E-state index contributed by atoms with van der Waals surface area (Å²) in [4.78, 5) is 8.05. The molecular formula is C9H11N3. The first-order valence-corrected chi connectivity index (χ1v) is 3.75. The SMILES string of the molecule is CNCC#Cc1cnc(C)nc1. The van der Waals surface area contributed by atoms with E-state index in [0.29, 0.717) is 6.54 Å². The van der Waals surface area contributed by atoms with E-state index in [0.717, 1.165) is 11.4 Å². The molecule has 0 unspecified atom stereocenters. The second-order valence-corrected chi connectivity index (χ2v) is 2.35. The van der Waals surface area contributed by atoms with Crippen molar-refractivity contribution in [2.24, 2.45) is 0 Å². The van der Waals surface area contributed by atoms with Crippen LogP contribution < -0.4 is 5.32 Å². The molecule has 0 aliphatic heterocycles. The minimum absolute atomic E-state index is 0.688. The van der Waals surface area contributed by atoms with E-state index in [4.69, 9.17) is 0 Å². The highest BCUT2D eigenvalue weighted by atomic mass is 14.8. The van der Waals surface area contributed by atoms with Gasteiger partial charge in [0.25, 0.3) is 0 Å². The van der Waals surface area contributed by atoms with Crippen molar-refractivity contribution in [1.82, 2.24) is 15.3 Å². The molecular weight excluding hydrogens is 150 g/mol. The van der Waals surface area contributed by atoms with Gasteiger partial charge in [0.15, 0.2) is 0 Å². The first kappa shape index (κ1) is 8.69. The smallest absolute Gasteiger partial charge is 0.125 e. The van der Waals surface area contributed by atoms with Crippen LogP contribution in [0.2, 0.25) is 0 Å². The van der Waals surface area contributed by atoms with Gasteiger partial charge in [-0.05, 0) is 14.0 Å². The van der Waals surface area contributed by atoms with Crippen molar-refractivity contribution in [3.8, 4) is 11.8 Å². The van der Waals surface area contributed by atoms with E-state index in [2.05, 4.69) is 27.1 Å². The lowest BCUT2D eigenvalue weighted by atomic mass is 10.3. The molecule has 1 rings (SSSR count). The summed E-state index contributed by atoms with van der Waals surface area (Å²) >= 11 is 0. The lowest BCUT2D eigenvalue weighted by Crippen LogP contribution is -2.04. The second kappa shape index (κ2) is 4.47. The predicted octanol–water partition coefficient (Wildman–Crippen LogP) is 0.356. The number of hydrogen-bond acceptors (Lipinski definition) is 3. The number of hydrogen-bond donors (Lipinski definition) is 1. The molecule has 1 aromatic rings. The maximum Gasteiger partial charge on any atom is 0.125 e. The first-order valence-electron chi connectivity index (χ1n) is 3.75. The van der Waals surface area contributed by atoms with Crippen LogP contribution in [0.25, 0.3) is 0 Å². The van der Waals surface area contributed by atoms with Crippen molar-refractivity contribution in [1.29, 1.82) is 0 Å². The monoisotopic (exact) mass is 161 g/mol. The van der Waals surface area contributed by atoms with Gasteiger partial charge in [-0.1, -0.05) is 11.8 Å². The Morgan fingerprint density at radius 3 is 2.67 bits per heavy atom. The Morgan fingerprint density at radius 1 is 1.42 bits per heavy atom. The molecule has 62 valence electrons.